The van der Waals surface area contributed by atoms with Crippen molar-refractivity contribution in [2.75, 3.05) is 34.0 Å². The molecule has 0 saturated heterocycles. The van der Waals surface area contributed by atoms with Gasteiger partial charge in [0.1, 0.15) is 19.0 Å². The molecule has 44 heavy (non-hydrogen) atoms. The Morgan fingerprint density at radius 3 is 2.30 bits per heavy atom. The van der Waals surface area contributed by atoms with E-state index in [0.29, 0.717) is 54.0 Å². The molecule has 0 aromatic heterocycles. The zero-order valence-corrected chi connectivity index (χ0v) is 26.7. The van der Waals surface area contributed by atoms with Crippen molar-refractivity contribution in [2.24, 2.45) is 11.3 Å². The second-order valence-electron chi connectivity index (χ2n) is 10.8. The Labute approximate surface area is 269 Å². The van der Waals surface area contributed by atoms with E-state index in [2.05, 4.69) is 6.07 Å². The first kappa shape index (κ1) is 33.1. The normalized spacial score (nSPS) is 18.2. The van der Waals surface area contributed by atoms with Crippen molar-refractivity contribution in [1.29, 1.82) is 5.26 Å². The first-order valence-corrected chi connectivity index (χ1v) is 15.3. The van der Waals surface area contributed by atoms with Crippen LogP contribution < -0.4 is 9.47 Å². The van der Waals surface area contributed by atoms with E-state index in [1.54, 1.807) is 19.2 Å². The molecule has 0 fully saturated rings. The van der Waals surface area contributed by atoms with Crippen molar-refractivity contribution in [2.45, 2.75) is 32.1 Å². The average Bonchev–Trinajstić information content (AvgIpc) is 3.03. The quantitative estimate of drug-likeness (QED) is 0.131. The van der Waals surface area contributed by atoms with Gasteiger partial charge in [0, 0.05) is 19.6 Å². The van der Waals surface area contributed by atoms with Gasteiger partial charge in [-0.2, -0.15) is 5.26 Å². The van der Waals surface area contributed by atoms with Crippen LogP contribution in [0, 0.1) is 29.6 Å². The number of methoxy groups -OCH3 is 2. The molecule has 6 nitrogen and oxygen atoms in total. The van der Waals surface area contributed by atoms with Crippen molar-refractivity contribution < 1.29 is 23.7 Å². The number of ether oxygens (including phenoxy) is 4. The number of halogens is 2. The van der Waals surface area contributed by atoms with E-state index >= 15 is 0 Å². The lowest BCUT2D eigenvalue weighted by Gasteiger charge is -2.38. The molecular formula is C36H37Cl2NO5. The van der Waals surface area contributed by atoms with Crippen LogP contribution in [0.1, 0.15) is 35.4 Å². The summed E-state index contributed by atoms with van der Waals surface area (Å²) in [7, 11) is 3.06. The summed E-state index contributed by atoms with van der Waals surface area (Å²) in [5.74, 6) is 0.111. The van der Waals surface area contributed by atoms with Crippen LogP contribution in [-0.2, 0) is 20.7 Å². The number of carbonyl (C=O) groups is 1. The lowest BCUT2D eigenvalue weighted by atomic mass is 9.64. The Morgan fingerprint density at radius 1 is 0.977 bits per heavy atom. The first-order valence-electron chi connectivity index (χ1n) is 14.5. The number of carbonyl (C=O) groups excluding carboxylic acids is 1. The number of aryl methyl sites for hydroxylation is 1. The maximum Gasteiger partial charge on any atom is 0.316 e. The fraction of sp³-hybridized carbons (Fsp3) is 0.333. The van der Waals surface area contributed by atoms with Gasteiger partial charge in [0.2, 0.25) is 0 Å². The van der Waals surface area contributed by atoms with Gasteiger partial charge in [-0.05, 0) is 72.7 Å². The second-order valence-corrected chi connectivity index (χ2v) is 11.6. The Kier molecular flexibility index (Phi) is 11.9. The minimum atomic E-state index is -0.958. The summed E-state index contributed by atoms with van der Waals surface area (Å²) < 4.78 is 22.3. The number of benzene rings is 3. The minimum absolute atomic E-state index is 0.227. The Bertz CT molecular complexity index is 1490. The molecule has 0 heterocycles. The molecule has 230 valence electrons. The third kappa shape index (κ3) is 8.04. The van der Waals surface area contributed by atoms with E-state index < -0.39 is 11.3 Å². The molecule has 0 N–H and O–H groups in total. The molecule has 0 bridgehead atoms. The highest BCUT2D eigenvalue weighted by Crippen LogP contribution is 2.48. The molecule has 1 aliphatic rings. The van der Waals surface area contributed by atoms with Gasteiger partial charge >= 0.3 is 5.97 Å². The molecule has 0 amide bonds. The number of nitrogens with zero attached hydrogens (tertiary/aromatic N) is 1. The lowest BCUT2D eigenvalue weighted by Crippen LogP contribution is -2.38. The molecule has 4 rings (SSSR count). The van der Waals surface area contributed by atoms with Gasteiger partial charge in [0.15, 0.2) is 5.75 Å². The molecular weight excluding hydrogens is 597 g/mol. The second kappa shape index (κ2) is 15.8. The van der Waals surface area contributed by atoms with Gasteiger partial charge in [0.25, 0.3) is 0 Å². The number of rotatable bonds is 14. The van der Waals surface area contributed by atoms with Gasteiger partial charge in [-0.25, -0.2) is 0 Å². The lowest BCUT2D eigenvalue weighted by molar-refractivity contribution is -0.151. The average molecular weight is 635 g/mol. The third-order valence-electron chi connectivity index (χ3n) is 7.79. The van der Waals surface area contributed by atoms with E-state index in [-0.39, 0.29) is 18.5 Å². The van der Waals surface area contributed by atoms with E-state index in [1.165, 1.54) is 7.11 Å². The van der Waals surface area contributed by atoms with E-state index in [1.807, 2.05) is 79.7 Å². The van der Waals surface area contributed by atoms with E-state index in [0.717, 1.165) is 22.3 Å². The zero-order chi connectivity index (χ0) is 31.5. The van der Waals surface area contributed by atoms with Crippen molar-refractivity contribution in [3.63, 3.8) is 0 Å². The van der Waals surface area contributed by atoms with Crippen LogP contribution in [0.15, 0.2) is 90.5 Å². The Morgan fingerprint density at radius 2 is 1.66 bits per heavy atom. The molecule has 0 aliphatic heterocycles. The molecule has 0 saturated carbocycles. The van der Waals surface area contributed by atoms with Crippen molar-refractivity contribution in [3.8, 4) is 17.6 Å². The van der Waals surface area contributed by atoms with Gasteiger partial charge in [-0.1, -0.05) is 83.9 Å². The summed E-state index contributed by atoms with van der Waals surface area (Å²) in [6.07, 6.45) is 7.65. The van der Waals surface area contributed by atoms with E-state index in [9.17, 15) is 10.1 Å². The predicted octanol–water partition coefficient (Wildman–Crippen LogP) is 8.31. The predicted molar refractivity (Wildman–Crippen MR) is 173 cm³/mol. The molecule has 0 radical (unpaired) electrons. The molecule has 1 aliphatic carbocycles. The van der Waals surface area contributed by atoms with Crippen LogP contribution in [0.3, 0.4) is 0 Å². The van der Waals surface area contributed by atoms with Gasteiger partial charge in [-0.15, -0.1) is 0 Å². The summed E-state index contributed by atoms with van der Waals surface area (Å²) in [5.41, 5.74) is 2.79. The van der Waals surface area contributed by atoms with Crippen LogP contribution in [-0.4, -0.2) is 40.0 Å². The summed E-state index contributed by atoms with van der Waals surface area (Å²) in [4.78, 5) is 13.5. The van der Waals surface area contributed by atoms with Crippen LogP contribution in [0.2, 0.25) is 10.0 Å². The van der Waals surface area contributed by atoms with Crippen molar-refractivity contribution in [1.82, 2.24) is 0 Å². The molecule has 0 spiro atoms. The van der Waals surface area contributed by atoms with Crippen LogP contribution in [0.5, 0.6) is 11.5 Å². The largest absolute Gasteiger partial charge is 0.490 e. The van der Waals surface area contributed by atoms with Crippen molar-refractivity contribution in [3.05, 3.63) is 117 Å². The Hall–Kier alpha value is -3.76. The number of hydrogen-bond donors (Lipinski definition) is 0. The number of hydrogen-bond acceptors (Lipinski definition) is 6. The maximum absolute atomic E-state index is 13.5. The smallest absolute Gasteiger partial charge is 0.316 e. The molecule has 3 unspecified atom stereocenters. The molecule has 3 aromatic rings. The highest BCUT2D eigenvalue weighted by Gasteiger charge is 2.46. The Balaban J connectivity index is 1.46. The molecule has 3 aromatic carbocycles. The highest BCUT2D eigenvalue weighted by molar-refractivity contribution is 6.37. The van der Waals surface area contributed by atoms with Crippen LogP contribution in [0.25, 0.3) is 0 Å². The monoisotopic (exact) mass is 633 g/mol. The standard InChI is InChI=1S/C36H37Cl2NO5/c1-25-20-32(37)34(33(38)21-25)44-19-18-43-30-13-10-26(11-14-30)22-29(24-39)28-12-15-31(27-8-5-4-6-9-27)36(23-28,35(40)42-3)16-7-17-41-2/h4-6,8-15,20-21,23,29,31H,7,16-19,22H2,1-3H3. The molecule has 3 atom stereocenters. The number of allylic oxidation sites excluding steroid dienone is 3. The summed E-state index contributed by atoms with van der Waals surface area (Å²) >= 11 is 12.5. The van der Waals surface area contributed by atoms with Crippen LogP contribution >= 0.6 is 23.2 Å². The fourth-order valence-corrected chi connectivity index (χ4v) is 6.34. The summed E-state index contributed by atoms with van der Waals surface area (Å²) in [6, 6.07) is 23.6. The highest BCUT2D eigenvalue weighted by atomic mass is 35.5. The first-order chi connectivity index (χ1) is 21.3. The van der Waals surface area contributed by atoms with Crippen LogP contribution in [0.4, 0.5) is 0 Å². The number of esters is 1. The third-order valence-corrected chi connectivity index (χ3v) is 8.35. The van der Waals surface area contributed by atoms with Gasteiger partial charge < -0.3 is 18.9 Å². The summed E-state index contributed by atoms with van der Waals surface area (Å²) in [5, 5.41) is 11.2. The topological polar surface area (TPSA) is 77.8 Å². The fourth-order valence-electron chi connectivity index (χ4n) is 5.64. The maximum atomic E-state index is 13.5. The summed E-state index contributed by atoms with van der Waals surface area (Å²) in [6.45, 7) is 3.01. The SMILES string of the molecule is COCCCC1(C(=O)OC)C=C(C(C#N)Cc2ccc(OCCOc3c(Cl)cc(C)cc3Cl)cc2)C=CC1c1ccccc1. The van der Waals surface area contributed by atoms with Gasteiger partial charge in [-0.3, -0.25) is 4.79 Å². The zero-order valence-electron chi connectivity index (χ0n) is 25.2. The van der Waals surface area contributed by atoms with E-state index in [4.69, 9.17) is 42.1 Å². The molecule has 8 heteroatoms. The van der Waals surface area contributed by atoms with Gasteiger partial charge in [0.05, 0.1) is 34.6 Å². The number of nitriles is 1. The van der Waals surface area contributed by atoms with Crippen molar-refractivity contribution >= 4 is 29.2 Å². The minimum Gasteiger partial charge on any atom is -0.490 e.